The van der Waals surface area contributed by atoms with E-state index in [1.165, 1.54) is 18.2 Å². The molecule has 1 aromatic heterocycles. The molecule has 0 N–H and O–H groups in total. The van der Waals surface area contributed by atoms with Crippen molar-refractivity contribution in [2.24, 2.45) is 24.8 Å². The Hall–Kier alpha value is -2.02. The summed E-state index contributed by atoms with van der Waals surface area (Å²) >= 11 is 1.36. The molecule has 0 aliphatic heterocycles. The van der Waals surface area contributed by atoms with Gasteiger partial charge in [0.15, 0.2) is 11.0 Å². The molecular weight excluding hydrogens is 386 g/mol. The van der Waals surface area contributed by atoms with Crippen LogP contribution in [0.25, 0.3) is 11.4 Å². The number of rotatable bonds is 7. The molecule has 3 rings (SSSR count). The largest absolute Gasteiger partial charge is 0.496 e. The van der Waals surface area contributed by atoms with Crippen molar-refractivity contribution in [1.29, 1.82) is 0 Å². The Labute approximate surface area is 177 Å². The minimum atomic E-state index is -0.179. The van der Waals surface area contributed by atoms with E-state index in [0.29, 0.717) is 28.7 Å². The topological polar surface area (TPSA) is 66.2 Å². The van der Waals surface area contributed by atoms with Gasteiger partial charge in [0.05, 0.1) is 18.4 Å². The molecule has 0 spiro atoms. The van der Waals surface area contributed by atoms with Crippen molar-refractivity contribution in [1.82, 2.24) is 14.8 Å². The molecule has 0 amide bonds. The maximum Gasteiger partial charge on any atom is 0.316 e. The Kier molecular flexibility index (Phi) is 7.22. The van der Waals surface area contributed by atoms with E-state index in [2.05, 4.69) is 31.0 Å². The average molecular weight is 418 g/mol. The van der Waals surface area contributed by atoms with E-state index in [-0.39, 0.29) is 17.8 Å². The molecule has 6 nitrogen and oxygen atoms in total. The minimum Gasteiger partial charge on any atom is -0.496 e. The lowest BCUT2D eigenvalue weighted by Crippen LogP contribution is -2.36. The van der Waals surface area contributed by atoms with Crippen LogP contribution in [0.1, 0.15) is 40.0 Å². The van der Waals surface area contributed by atoms with Gasteiger partial charge in [-0.1, -0.05) is 51.1 Å². The maximum absolute atomic E-state index is 12.5. The molecule has 1 saturated carbocycles. The van der Waals surface area contributed by atoms with Gasteiger partial charge in [-0.2, -0.15) is 0 Å². The molecule has 158 valence electrons. The Bertz CT molecular complexity index is 836. The van der Waals surface area contributed by atoms with Gasteiger partial charge in [0.1, 0.15) is 11.9 Å². The van der Waals surface area contributed by atoms with Crippen LogP contribution in [0.3, 0.4) is 0 Å². The van der Waals surface area contributed by atoms with Crippen molar-refractivity contribution in [2.45, 2.75) is 51.3 Å². The molecule has 1 aliphatic carbocycles. The van der Waals surface area contributed by atoms with Crippen molar-refractivity contribution in [3.05, 3.63) is 24.3 Å². The molecule has 0 bridgehead atoms. The van der Waals surface area contributed by atoms with Crippen LogP contribution in [0.4, 0.5) is 0 Å². The Morgan fingerprint density at radius 3 is 2.76 bits per heavy atom. The minimum absolute atomic E-state index is 0.0236. The van der Waals surface area contributed by atoms with Crippen LogP contribution in [0.15, 0.2) is 29.4 Å². The highest BCUT2D eigenvalue weighted by molar-refractivity contribution is 7.99. The molecule has 29 heavy (non-hydrogen) atoms. The van der Waals surface area contributed by atoms with Crippen molar-refractivity contribution >= 4 is 17.7 Å². The van der Waals surface area contributed by atoms with E-state index in [4.69, 9.17) is 9.47 Å². The lowest BCUT2D eigenvalue weighted by atomic mass is 9.75. The molecule has 3 atom stereocenters. The maximum atomic E-state index is 12.5. The predicted octanol–water partition coefficient (Wildman–Crippen LogP) is 4.59. The molecule has 0 saturated heterocycles. The zero-order valence-electron chi connectivity index (χ0n) is 17.9. The summed E-state index contributed by atoms with van der Waals surface area (Å²) in [7, 11) is 3.53. The summed E-state index contributed by atoms with van der Waals surface area (Å²) in [5, 5.41) is 9.23. The third-order valence-electron chi connectivity index (χ3n) is 5.75. The van der Waals surface area contributed by atoms with E-state index < -0.39 is 0 Å². The number of hydrogen-bond acceptors (Lipinski definition) is 6. The SMILES string of the molecule is COc1ccccc1-c1nnc(SCC(=O)OC2CC(C)CCC2C(C)C)n1C. The summed E-state index contributed by atoms with van der Waals surface area (Å²) in [6.07, 6.45) is 3.34. The number of carbonyl (C=O) groups excluding carboxylic acids is 1. The number of ether oxygens (including phenoxy) is 2. The highest BCUT2D eigenvalue weighted by Crippen LogP contribution is 2.36. The van der Waals surface area contributed by atoms with Crippen molar-refractivity contribution in [2.75, 3.05) is 12.9 Å². The third kappa shape index (κ3) is 5.13. The second-order valence-corrected chi connectivity index (χ2v) is 9.15. The first-order chi connectivity index (χ1) is 13.9. The van der Waals surface area contributed by atoms with Crippen LogP contribution in [0.5, 0.6) is 5.75 Å². The van der Waals surface area contributed by atoms with Gasteiger partial charge in [0, 0.05) is 7.05 Å². The summed E-state index contributed by atoms with van der Waals surface area (Å²) < 4.78 is 13.2. The molecule has 1 heterocycles. The second-order valence-electron chi connectivity index (χ2n) is 8.21. The highest BCUT2D eigenvalue weighted by Gasteiger charge is 2.33. The lowest BCUT2D eigenvalue weighted by Gasteiger charge is -2.36. The van der Waals surface area contributed by atoms with Gasteiger partial charge < -0.3 is 14.0 Å². The third-order valence-corrected chi connectivity index (χ3v) is 6.74. The standard InChI is InChI=1S/C22H31N3O3S/c1-14(2)16-11-10-15(3)12-19(16)28-20(26)13-29-22-24-23-21(25(22)4)17-8-6-7-9-18(17)27-5/h6-9,14-16,19H,10-13H2,1-5H3. The zero-order valence-corrected chi connectivity index (χ0v) is 18.7. The number of hydrogen-bond donors (Lipinski definition) is 0. The monoisotopic (exact) mass is 417 g/mol. The molecule has 2 aromatic rings. The Balaban J connectivity index is 1.63. The molecular formula is C22H31N3O3S. The van der Waals surface area contributed by atoms with Crippen molar-refractivity contribution < 1.29 is 14.3 Å². The number of carbonyl (C=O) groups is 1. The van der Waals surface area contributed by atoms with Gasteiger partial charge in [-0.25, -0.2) is 0 Å². The molecule has 1 aromatic carbocycles. The predicted molar refractivity (Wildman–Crippen MR) is 115 cm³/mol. The van der Waals surface area contributed by atoms with E-state index in [1.54, 1.807) is 7.11 Å². The number of para-hydroxylation sites is 1. The number of thioether (sulfide) groups is 1. The fourth-order valence-electron chi connectivity index (χ4n) is 4.08. The van der Waals surface area contributed by atoms with Crippen LogP contribution < -0.4 is 4.74 Å². The fraction of sp³-hybridized carbons (Fsp3) is 0.591. The molecule has 3 unspecified atom stereocenters. The van der Waals surface area contributed by atoms with Crippen molar-refractivity contribution in [3.8, 4) is 17.1 Å². The van der Waals surface area contributed by atoms with Crippen LogP contribution in [0, 0.1) is 17.8 Å². The quantitative estimate of drug-likeness (QED) is 0.485. The Morgan fingerprint density at radius 2 is 2.03 bits per heavy atom. The number of aromatic nitrogens is 3. The van der Waals surface area contributed by atoms with Gasteiger partial charge >= 0.3 is 5.97 Å². The summed E-state index contributed by atoms with van der Waals surface area (Å²) in [6.45, 7) is 6.68. The number of benzene rings is 1. The van der Waals surface area contributed by atoms with Crippen LogP contribution in [-0.2, 0) is 16.6 Å². The molecule has 0 radical (unpaired) electrons. The first kappa shape index (κ1) is 21.7. The number of nitrogens with zero attached hydrogens (tertiary/aromatic N) is 3. The molecule has 1 aliphatic rings. The normalized spacial score (nSPS) is 21.9. The van der Waals surface area contributed by atoms with Gasteiger partial charge in [-0.15, -0.1) is 10.2 Å². The summed E-state index contributed by atoms with van der Waals surface area (Å²) in [6, 6.07) is 7.69. The summed E-state index contributed by atoms with van der Waals surface area (Å²) in [5.74, 6) is 3.08. The van der Waals surface area contributed by atoms with E-state index >= 15 is 0 Å². The van der Waals surface area contributed by atoms with Gasteiger partial charge in [-0.05, 0) is 42.7 Å². The van der Waals surface area contributed by atoms with E-state index in [1.807, 2.05) is 35.9 Å². The average Bonchev–Trinajstić information content (AvgIpc) is 3.06. The van der Waals surface area contributed by atoms with Gasteiger partial charge in [0.2, 0.25) is 0 Å². The van der Waals surface area contributed by atoms with E-state index in [0.717, 1.165) is 24.2 Å². The smallest absolute Gasteiger partial charge is 0.316 e. The van der Waals surface area contributed by atoms with Gasteiger partial charge in [-0.3, -0.25) is 4.79 Å². The number of methoxy groups -OCH3 is 1. The summed E-state index contributed by atoms with van der Waals surface area (Å²) in [4.78, 5) is 12.5. The lowest BCUT2D eigenvalue weighted by molar-refractivity contribution is -0.152. The van der Waals surface area contributed by atoms with E-state index in [9.17, 15) is 4.79 Å². The Morgan fingerprint density at radius 1 is 1.28 bits per heavy atom. The van der Waals surface area contributed by atoms with Crippen LogP contribution in [-0.4, -0.2) is 39.7 Å². The zero-order chi connectivity index (χ0) is 21.0. The fourth-order valence-corrected chi connectivity index (χ4v) is 4.77. The first-order valence-corrected chi connectivity index (χ1v) is 11.2. The van der Waals surface area contributed by atoms with Crippen LogP contribution >= 0.6 is 11.8 Å². The molecule has 1 fully saturated rings. The highest BCUT2D eigenvalue weighted by atomic mass is 32.2. The number of esters is 1. The molecule has 7 heteroatoms. The van der Waals surface area contributed by atoms with Crippen LogP contribution in [0.2, 0.25) is 0 Å². The van der Waals surface area contributed by atoms with Gasteiger partial charge in [0.25, 0.3) is 0 Å². The van der Waals surface area contributed by atoms with Crippen molar-refractivity contribution in [3.63, 3.8) is 0 Å². The second kappa shape index (κ2) is 9.65. The first-order valence-electron chi connectivity index (χ1n) is 10.3. The summed E-state index contributed by atoms with van der Waals surface area (Å²) in [5.41, 5.74) is 0.871.